The molecule has 1 aromatic carbocycles. The number of nitrogens with one attached hydrogen (secondary N) is 1. The number of carboxylic acid groups (broad SMARTS) is 1. The molecule has 9 heteroatoms. The van der Waals surface area contributed by atoms with Crippen LogP contribution in [0, 0.1) is 5.82 Å². The van der Waals surface area contributed by atoms with E-state index < -0.39 is 11.9 Å². The van der Waals surface area contributed by atoms with Crippen LogP contribution in [-0.4, -0.2) is 36.5 Å². The zero-order valence-corrected chi connectivity index (χ0v) is 13.2. The Kier molecular flexibility index (Phi) is 4.29. The van der Waals surface area contributed by atoms with Gasteiger partial charge in [-0.3, -0.25) is 14.2 Å². The van der Waals surface area contributed by atoms with Gasteiger partial charge in [-0.25, -0.2) is 9.18 Å². The maximum atomic E-state index is 13.7. The Morgan fingerprint density at radius 1 is 1.24 bits per heavy atom. The van der Waals surface area contributed by atoms with Crippen molar-refractivity contribution in [2.24, 2.45) is 7.05 Å². The first-order valence-corrected chi connectivity index (χ1v) is 7.28. The summed E-state index contributed by atoms with van der Waals surface area (Å²) >= 11 is 0. The second-order valence-electron chi connectivity index (χ2n) is 5.31. The number of anilines is 1. The summed E-state index contributed by atoms with van der Waals surface area (Å²) in [6.07, 6.45) is 4.04. The van der Waals surface area contributed by atoms with E-state index in [1.165, 1.54) is 34.9 Å². The third-order valence-corrected chi connectivity index (χ3v) is 3.57. The van der Waals surface area contributed by atoms with Crippen LogP contribution < -0.4 is 5.32 Å². The minimum absolute atomic E-state index is 0.0747. The number of halogens is 1. The summed E-state index contributed by atoms with van der Waals surface area (Å²) in [5.41, 5.74) is 0.551. The molecule has 0 aliphatic heterocycles. The van der Waals surface area contributed by atoms with Gasteiger partial charge in [0, 0.05) is 18.8 Å². The number of amides is 1. The number of aromatic nitrogens is 4. The lowest BCUT2D eigenvalue weighted by Gasteiger charge is -2.05. The number of hydrogen-bond acceptors (Lipinski definition) is 4. The Morgan fingerprint density at radius 3 is 2.72 bits per heavy atom. The molecule has 2 aromatic heterocycles. The van der Waals surface area contributed by atoms with Crippen molar-refractivity contribution in [2.45, 2.75) is 6.54 Å². The minimum atomic E-state index is -1.24. The van der Waals surface area contributed by atoms with Gasteiger partial charge in [0.1, 0.15) is 17.1 Å². The molecule has 0 fully saturated rings. The predicted molar refractivity (Wildman–Crippen MR) is 85.8 cm³/mol. The number of rotatable bonds is 5. The molecule has 8 nitrogen and oxygen atoms in total. The van der Waals surface area contributed by atoms with Gasteiger partial charge in [0.05, 0.1) is 24.6 Å². The van der Waals surface area contributed by atoms with Gasteiger partial charge in [-0.1, -0.05) is 18.2 Å². The van der Waals surface area contributed by atoms with Crippen LogP contribution in [0.5, 0.6) is 0 Å². The molecule has 1 amide bonds. The molecule has 0 bridgehead atoms. The van der Waals surface area contributed by atoms with E-state index >= 15 is 0 Å². The molecule has 128 valence electrons. The fourth-order valence-electron chi connectivity index (χ4n) is 2.37. The number of aromatic carboxylic acids is 1. The van der Waals surface area contributed by atoms with E-state index in [0.717, 1.165) is 6.20 Å². The van der Waals surface area contributed by atoms with Gasteiger partial charge in [-0.15, -0.1) is 0 Å². The van der Waals surface area contributed by atoms with Crippen LogP contribution in [0.2, 0.25) is 0 Å². The van der Waals surface area contributed by atoms with E-state index in [-0.39, 0.29) is 23.6 Å². The van der Waals surface area contributed by atoms with E-state index in [0.29, 0.717) is 11.3 Å². The van der Waals surface area contributed by atoms with Gasteiger partial charge in [-0.2, -0.15) is 10.2 Å². The average molecular weight is 343 g/mol. The van der Waals surface area contributed by atoms with Crippen LogP contribution in [0.4, 0.5) is 10.1 Å². The third kappa shape index (κ3) is 3.39. The zero-order valence-electron chi connectivity index (χ0n) is 13.2. The first-order chi connectivity index (χ1) is 12.0. The number of aryl methyl sites for hydroxylation is 1. The van der Waals surface area contributed by atoms with Crippen LogP contribution in [0.25, 0.3) is 0 Å². The second-order valence-corrected chi connectivity index (χ2v) is 5.31. The monoisotopic (exact) mass is 343 g/mol. The van der Waals surface area contributed by atoms with Crippen molar-refractivity contribution in [3.8, 4) is 0 Å². The summed E-state index contributed by atoms with van der Waals surface area (Å²) in [4.78, 5) is 23.5. The minimum Gasteiger partial charge on any atom is -0.478 e. The van der Waals surface area contributed by atoms with Gasteiger partial charge < -0.3 is 10.4 Å². The first-order valence-electron chi connectivity index (χ1n) is 7.28. The molecule has 2 heterocycles. The van der Waals surface area contributed by atoms with Gasteiger partial charge in [-0.05, 0) is 6.07 Å². The Labute approximate surface area is 141 Å². The highest BCUT2D eigenvalue weighted by Gasteiger charge is 2.22. The maximum absolute atomic E-state index is 13.7. The van der Waals surface area contributed by atoms with Crippen LogP contribution in [0.15, 0.2) is 42.9 Å². The van der Waals surface area contributed by atoms with Crippen LogP contribution in [0.1, 0.15) is 26.4 Å². The summed E-state index contributed by atoms with van der Waals surface area (Å²) in [6, 6.07) is 6.32. The predicted octanol–water partition coefficient (Wildman–Crippen LogP) is 1.75. The molecular formula is C16H14FN5O3. The van der Waals surface area contributed by atoms with Crippen molar-refractivity contribution in [2.75, 3.05) is 5.32 Å². The van der Waals surface area contributed by atoms with Crippen molar-refractivity contribution < 1.29 is 19.1 Å². The lowest BCUT2D eigenvalue weighted by atomic mass is 10.2. The fourth-order valence-corrected chi connectivity index (χ4v) is 2.37. The van der Waals surface area contributed by atoms with Crippen molar-refractivity contribution in [3.05, 3.63) is 65.5 Å². The number of nitrogens with zero attached hydrogens (tertiary/aromatic N) is 4. The molecule has 0 aliphatic carbocycles. The fraction of sp³-hybridized carbons (Fsp3) is 0.125. The molecular weight excluding hydrogens is 329 g/mol. The van der Waals surface area contributed by atoms with E-state index in [1.54, 1.807) is 18.2 Å². The summed E-state index contributed by atoms with van der Waals surface area (Å²) in [6.45, 7) is 0.203. The molecule has 0 saturated heterocycles. The van der Waals surface area contributed by atoms with E-state index in [9.17, 15) is 14.0 Å². The number of benzene rings is 1. The largest absolute Gasteiger partial charge is 0.478 e. The highest BCUT2D eigenvalue weighted by Crippen LogP contribution is 2.14. The smallest absolute Gasteiger partial charge is 0.339 e. The van der Waals surface area contributed by atoms with Crippen LogP contribution >= 0.6 is 0 Å². The lowest BCUT2D eigenvalue weighted by molar-refractivity contribution is 0.0692. The average Bonchev–Trinajstić information content (AvgIpc) is 3.16. The van der Waals surface area contributed by atoms with E-state index in [4.69, 9.17) is 5.11 Å². The SMILES string of the molecule is Cn1ncc(C(=O)O)c1C(=O)Nc1cnn(Cc2ccccc2F)c1. The Bertz CT molecular complexity index is 947. The summed E-state index contributed by atoms with van der Waals surface area (Å²) < 4.78 is 16.3. The number of carbonyl (C=O) groups is 2. The second kappa shape index (κ2) is 6.56. The first kappa shape index (κ1) is 16.4. The topological polar surface area (TPSA) is 102 Å². The molecule has 3 aromatic rings. The van der Waals surface area contributed by atoms with E-state index in [1.807, 2.05) is 0 Å². The Hall–Kier alpha value is -3.49. The van der Waals surface area contributed by atoms with Crippen molar-refractivity contribution in [1.82, 2.24) is 19.6 Å². The number of carboxylic acids is 1. The maximum Gasteiger partial charge on any atom is 0.339 e. The Balaban J connectivity index is 1.76. The summed E-state index contributed by atoms with van der Waals surface area (Å²) in [7, 11) is 1.48. The van der Waals surface area contributed by atoms with Gasteiger partial charge >= 0.3 is 5.97 Å². The van der Waals surface area contributed by atoms with Crippen LogP contribution in [0.3, 0.4) is 0 Å². The molecule has 2 N–H and O–H groups in total. The zero-order chi connectivity index (χ0) is 18.0. The number of hydrogen-bond donors (Lipinski definition) is 2. The molecule has 0 spiro atoms. The summed E-state index contributed by atoms with van der Waals surface area (Å²) in [5, 5.41) is 19.5. The quantitative estimate of drug-likeness (QED) is 0.735. The molecule has 0 aliphatic rings. The van der Waals surface area contributed by atoms with Gasteiger partial charge in [0.25, 0.3) is 5.91 Å². The standard InChI is InChI=1S/C16H14FN5O3/c1-21-14(12(7-18-21)16(24)25)15(23)20-11-6-19-22(9-11)8-10-4-2-3-5-13(10)17/h2-7,9H,8H2,1H3,(H,20,23)(H,24,25). The lowest BCUT2D eigenvalue weighted by Crippen LogP contribution is -2.19. The molecule has 0 atom stereocenters. The van der Waals surface area contributed by atoms with Crippen LogP contribution in [-0.2, 0) is 13.6 Å². The van der Waals surface area contributed by atoms with Crippen molar-refractivity contribution in [1.29, 1.82) is 0 Å². The van der Waals surface area contributed by atoms with Crippen molar-refractivity contribution >= 4 is 17.6 Å². The molecule has 0 radical (unpaired) electrons. The molecule has 0 saturated carbocycles. The van der Waals surface area contributed by atoms with Crippen molar-refractivity contribution in [3.63, 3.8) is 0 Å². The number of carbonyl (C=O) groups excluding carboxylic acids is 1. The third-order valence-electron chi connectivity index (χ3n) is 3.57. The molecule has 0 unspecified atom stereocenters. The van der Waals surface area contributed by atoms with E-state index in [2.05, 4.69) is 15.5 Å². The normalized spacial score (nSPS) is 10.6. The summed E-state index contributed by atoms with van der Waals surface area (Å²) in [5.74, 6) is -2.21. The molecule has 3 rings (SSSR count). The Morgan fingerprint density at radius 2 is 2.00 bits per heavy atom. The van der Waals surface area contributed by atoms with Gasteiger partial charge in [0.2, 0.25) is 0 Å². The highest BCUT2D eigenvalue weighted by molar-refractivity contribution is 6.09. The highest BCUT2D eigenvalue weighted by atomic mass is 19.1. The van der Waals surface area contributed by atoms with Gasteiger partial charge in [0.15, 0.2) is 0 Å². The molecule has 25 heavy (non-hydrogen) atoms.